The van der Waals surface area contributed by atoms with Crippen LogP contribution in [-0.2, 0) is 6.54 Å². The lowest BCUT2D eigenvalue weighted by Gasteiger charge is -2.08. The van der Waals surface area contributed by atoms with Crippen LogP contribution in [0, 0.1) is 6.92 Å². The molecule has 0 aliphatic heterocycles. The zero-order valence-corrected chi connectivity index (χ0v) is 14.3. The Morgan fingerprint density at radius 3 is 2.81 bits per heavy atom. The molecular weight excluding hydrogens is 332 g/mol. The monoisotopic (exact) mass is 348 g/mol. The van der Waals surface area contributed by atoms with E-state index < -0.39 is 0 Å². The molecule has 1 N–H and O–H groups in total. The van der Waals surface area contributed by atoms with E-state index in [1.165, 1.54) is 6.33 Å². The molecule has 9 nitrogen and oxygen atoms in total. The van der Waals surface area contributed by atoms with Gasteiger partial charge in [-0.2, -0.15) is 10.2 Å². The fraction of sp³-hybridized carbons (Fsp3) is 0.176. The molecule has 4 rings (SSSR count). The van der Waals surface area contributed by atoms with E-state index in [1.54, 1.807) is 40.2 Å². The second-order valence-corrected chi connectivity index (χ2v) is 5.69. The van der Waals surface area contributed by atoms with Crippen LogP contribution < -0.4 is 5.32 Å². The van der Waals surface area contributed by atoms with Gasteiger partial charge in [-0.25, -0.2) is 24.3 Å². The lowest BCUT2D eigenvalue weighted by molar-refractivity contribution is 0.102. The van der Waals surface area contributed by atoms with Crippen LogP contribution in [-0.4, -0.2) is 40.4 Å². The molecule has 4 heterocycles. The lowest BCUT2D eigenvalue weighted by atomic mass is 10.1. The first-order chi connectivity index (χ1) is 12.7. The smallest absolute Gasteiger partial charge is 0.257 e. The number of carbonyl (C=O) groups excluding carboxylic acids is 1. The molecule has 0 radical (unpaired) electrons. The summed E-state index contributed by atoms with van der Waals surface area (Å²) < 4.78 is 3.34. The SMILES string of the molecule is CCn1ncc2cc(C(=O)Nc3ccc(-n4cncn4)nc3)c(C)nc21. The average molecular weight is 348 g/mol. The number of nitrogens with one attached hydrogen (secondary N) is 1. The van der Waals surface area contributed by atoms with Crippen molar-refractivity contribution in [2.24, 2.45) is 0 Å². The minimum absolute atomic E-state index is 0.239. The van der Waals surface area contributed by atoms with E-state index in [0.29, 0.717) is 22.8 Å². The van der Waals surface area contributed by atoms with Gasteiger partial charge in [0, 0.05) is 11.9 Å². The molecule has 0 unspecified atom stereocenters. The predicted octanol–water partition coefficient (Wildman–Crippen LogP) is 1.99. The van der Waals surface area contributed by atoms with Gasteiger partial charge >= 0.3 is 0 Å². The highest BCUT2D eigenvalue weighted by molar-refractivity contribution is 6.06. The quantitative estimate of drug-likeness (QED) is 0.605. The van der Waals surface area contributed by atoms with Crippen LogP contribution >= 0.6 is 0 Å². The summed E-state index contributed by atoms with van der Waals surface area (Å²) in [5, 5.41) is 12.0. The molecule has 4 aromatic heterocycles. The van der Waals surface area contributed by atoms with Gasteiger partial charge in [-0.1, -0.05) is 0 Å². The predicted molar refractivity (Wildman–Crippen MR) is 95.0 cm³/mol. The fourth-order valence-electron chi connectivity index (χ4n) is 2.68. The average Bonchev–Trinajstić information content (AvgIpc) is 3.31. The van der Waals surface area contributed by atoms with Crippen LogP contribution in [0.15, 0.2) is 43.2 Å². The Hall–Kier alpha value is -3.62. The first-order valence-electron chi connectivity index (χ1n) is 8.11. The number of aromatic nitrogens is 7. The molecule has 4 aromatic rings. The Bertz CT molecular complexity index is 1070. The minimum Gasteiger partial charge on any atom is -0.321 e. The fourth-order valence-corrected chi connectivity index (χ4v) is 2.68. The standard InChI is InChI=1S/C17H16N8O/c1-3-24-16-12(7-20-24)6-14(11(2)22-16)17(26)23-13-4-5-15(19-8-13)25-10-18-9-21-25/h4-10H,3H2,1-2H3,(H,23,26). The van der Waals surface area contributed by atoms with Crippen molar-refractivity contribution in [3.05, 3.63) is 54.5 Å². The van der Waals surface area contributed by atoms with E-state index in [0.717, 1.165) is 17.6 Å². The van der Waals surface area contributed by atoms with Gasteiger partial charge < -0.3 is 5.32 Å². The van der Waals surface area contributed by atoms with Crippen molar-refractivity contribution in [3.63, 3.8) is 0 Å². The third kappa shape index (κ3) is 2.79. The largest absolute Gasteiger partial charge is 0.321 e. The van der Waals surface area contributed by atoms with E-state index in [-0.39, 0.29) is 5.91 Å². The molecule has 130 valence electrons. The van der Waals surface area contributed by atoms with E-state index >= 15 is 0 Å². The van der Waals surface area contributed by atoms with E-state index in [4.69, 9.17) is 0 Å². The number of pyridine rings is 2. The molecule has 0 fully saturated rings. The van der Waals surface area contributed by atoms with E-state index in [9.17, 15) is 4.79 Å². The Kier molecular flexibility index (Phi) is 3.88. The maximum Gasteiger partial charge on any atom is 0.257 e. The number of anilines is 1. The molecule has 0 aromatic carbocycles. The number of fused-ring (bicyclic) bond motifs is 1. The van der Waals surface area contributed by atoms with Crippen molar-refractivity contribution in [2.45, 2.75) is 20.4 Å². The normalized spacial score (nSPS) is 11.0. The molecule has 9 heteroatoms. The van der Waals surface area contributed by atoms with Gasteiger partial charge in [0.25, 0.3) is 5.91 Å². The Balaban J connectivity index is 1.58. The van der Waals surface area contributed by atoms with Gasteiger partial charge in [-0.3, -0.25) is 4.79 Å². The van der Waals surface area contributed by atoms with E-state index in [1.807, 2.05) is 19.9 Å². The van der Waals surface area contributed by atoms with Gasteiger partial charge in [-0.05, 0) is 32.0 Å². The van der Waals surface area contributed by atoms with Gasteiger partial charge in [0.05, 0.1) is 29.3 Å². The maximum atomic E-state index is 12.6. The maximum absolute atomic E-state index is 12.6. The molecule has 0 saturated heterocycles. The van der Waals surface area contributed by atoms with Crippen LogP contribution in [0.4, 0.5) is 5.69 Å². The second kappa shape index (κ2) is 6.36. The Morgan fingerprint density at radius 1 is 1.23 bits per heavy atom. The summed E-state index contributed by atoms with van der Waals surface area (Å²) in [5.74, 6) is 0.378. The first kappa shape index (κ1) is 15.9. The molecule has 0 aliphatic rings. The summed E-state index contributed by atoms with van der Waals surface area (Å²) in [4.78, 5) is 25.3. The summed E-state index contributed by atoms with van der Waals surface area (Å²) in [6.45, 7) is 4.54. The zero-order valence-electron chi connectivity index (χ0n) is 14.3. The van der Waals surface area contributed by atoms with Gasteiger partial charge in [0.2, 0.25) is 0 Å². The summed E-state index contributed by atoms with van der Waals surface area (Å²) in [7, 11) is 0. The molecule has 0 atom stereocenters. The van der Waals surface area contributed by atoms with Crippen molar-refractivity contribution in [3.8, 4) is 5.82 Å². The molecular formula is C17H16N8O. The highest BCUT2D eigenvalue weighted by Gasteiger charge is 2.14. The number of hydrogen-bond acceptors (Lipinski definition) is 6. The van der Waals surface area contributed by atoms with E-state index in [2.05, 4.69) is 30.5 Å². The third-order valence-electron chi connectivity index (χ3n) is 4.01. The number of rotatable bonds is 4. The number of hydrogen-bond donors (Lipinski definition) is 1. The van der Waals surface area contributed by atoms with Crippen LogP contribution in [0.25, 0.3) is 16.9 Å². The Morgan fingerprint density at radius 2 is 2.12 bits per heavy atom. The van der Waals surface area contributed by atoms with Crippen LogP contribution in [0.3, 0.4) is 0 Å². The van der Waals surface area contributed by atoms with Gasteiger partial charge in [0.1, 0.15) is 12.7 Å². The summed E-state index contributed by atoms with van der Waals surface area (Å²) in [6, 6.07) is 5.32. The Labute approximate surface area is 148 Å². The van der Waals surface area contributed by atoms with Crippen molar-refractivity contribution in [1.29, 1.82) is 0 Å². The number of aryl methyl sites for hydroxylation is 2. The number of nitrogens with zero attached hydrogens (tertiary/aromatic N) is 7. The third-order valence-corrected chi connectivity index (χ3v) is 4.01. The van der Waals surface area contributed by atoms with Gasteiger partial charge in [0.15, 0.2) is 11.5 Å². The summed E-state index contributed by atoms with van der Waals surface area (Å²) >= 11 is 0. The van der Waals surface area contributed by atoms with Crippen molar-refractivity contribution in [1.82, 2.24) is 34.5 Å². The van der Waals surface area contributed by atoms with Crippen molar-refractivity contribution >= 4 is 22.6 Å². The number of amides is 1. The molecule has 1 amide bonds. The summed E-state index contributed by atoms with van der Waals surface area (Å²) in [6.07, 6.45) is 6.28. The minimum atomic E-state index is -0.239. The summed E-state index contributed by atoms with van der Waals surface area (Å²) in [5.41, 5.74) is 2.52. The molecule has 0 spiro atoms. The lowest BCUT2D eigenvalue weighted by Crippen LogP contribution is -2.15. The van der Waals surface area contributed by atoms with Crippen molar-refractivity contribution in [2.75, 3.05) is 5.32 Å². The second-order valence-electron chi connectivity index (χ2n) is 5.69. The first-order valence-corrected chi connectivity index (χ1v) is 8.11. The van der Waals surface area contributed by atoms with Crippen LogP contribution in [0.1, 0.15) is 23.0 Å². The highest BCUT2D eigenvalue weighted by atomic mass is 16.1. The molecule has 0 saturated carbocycles. The molecule has 0 aliphatic carbocycles. The van der Waals surface area contributed by atoms with Crippen LogP contribution in [0.5, 0.6) is 0 Å². The van der Waals surface area contributed by atoms with Crippen LogP contribution in [0.2, 0.25) is 0 Å². The topological polar surface area (TPSA) is 103 Å². The van der Waals surface area contributed by atoms with Gasteiger partial charge in [-0.15, -0.1) is 0 Å². The highest BCUT2D eigenvalue weighted by Crippen LogP contribution is 2.18. The zero-order chi connectivity index (χ0) is 18.1. The molecule has 26 heavy (non-hydrogen) atoms. The molecule has 0 bridgehead atoms. The number of carbonyl (C=O) groups is 1. The van der Waals surface area contributed by atoms with Crippen molar-refractivity contribution < 1.29 is 4.79 Å².